The van der Waals surface area contributed by atoms with Crippen molar-refractivity contribution in [2.45, 2.75) is 32.6 Å². The number of benzene rings is 2. The molecule has 36 heavy (non-hydrogen) atoms. The van der Waals surface area contributed by atoms with Crippen LogP contribution < -0.4 is 20.4 Å². The lowest BCUT2D eigenvalue weighted by Gasteiger charge is -2.37. The normalized spacial score (nSPS) is 14.3. The van der Waals surface area contributed by atoms with Gasteiger partial charge in [-0.2, -0.15) is 18.2 Å². The van der Waals surface area contributed by atoms with Gasteiger partial charge in [0.15, 0.2) is 0 Å². The average Bonchev–Trinajstić information content (AvgIpc) is 2.85. The molecule has 0 spiro atoms. The van der Waals surface area contributed by atoms with E-state index in [9.17, 15) is 23.1 Å². The number of rotatable bonds is 6. The molecule has 4 rings (SSSR count). The monoisotopic (exact) mass is 500 g/mol. The number of carbonyl (C=O) groups is 1. The first-order chi connectivity index (χ1) is 17.0. The maximum atomic E-state index is 13.0. The number of nitrogens with zero attached hydrogens (tertiary/aromatic N) is 4. The molecular formula is C25H27F3N6O2. The summed E-state index contributed by atoms with van der Waals surface area (Å²) in [6, 6.07) is 9.53. The van der Waals surface area contributed by atoms with Crippen LogP contribution in [0.1, 0.15) is 34.0 Å². The highest BCUT2D eigenvalue weighted by molar-refractivity contribution is 6.04. The number of carbonyl (C=O) groups excluding carboxylic acids is 1. The van der Waals surface area contributed by atoms with Gasteiger partial charge in [0.05, 0.1) is 18.8 Å². The Morgan fingerprint density at radius 1 is 1.22 bits per heavy atom. The van der Waals surface area contributed by atoms with Crippen molar-refractivity contribution in [1.29, 1.82) is 0 Å². The van der Waals surface area contributed by atoms with Gasteiger partial charge in [-0.05, 0) is 49.7 Å². The van der Waals surface area contributed by atoms with Gasteiger partial charge in [0.2, 0.25) is 5.95 Å². The fourth-order valence-corrected chi connectivity index (χ4v) is 3.98. The fraction of sp³-hybridized carbons (Fsp3) is 0.320. The van der Waals surface area contributed by atoms with E-state index in [1.807, 2.05) is 31.9 Å². The average molecular weight is 501 g/mol. The van der Waals surface area contributed by atoms with E-state index < -0.39 is 17.6 Å². The van der Waals surface area contributed by atoms with Crippen molar-refractivity contribution in [3.63, 3.8) is 0 Å². The molecule has 190 valence electrons. The molecule has 0 aliphatic carbocycles. The Bertz CT molecular complexity index is 1270. The van der Waals surface area contributed by atoms with Crippen LogP contribution in [0.5, 0.6) is 0 Å². The standard InChI is InChI=1S/C25H27F3N6O2/c1-15-7-8-20(31-23(36)17-5-4-6-19(9-17)25(26,27)28)10-21(15)34-12-18-11-29-24(30-16(2)13-35)32-22(18)33(3)14-34/h4-11,16,35H,12-14H2,1-3H3,(H,31,36)(H,29,30,32)/t16-/m0/s1. The SMILES string of the molecule is Cc1ccc(NC(=O)c2cccc(C(F)(F)F)c2)cc1N1Cc2cnc(N[C@@H](C)CO)nc2N(C)C1. The smallest absolute Gasteiger partial charge is 0.394 e. The first kappa shape index (κ1) is 25.2. The van der Waals surface area contributed by atoms with Gasteiger partial charge in [-0.15, -0.1) is 0 Å². The Morgan fingerprint density at radius 3 is 2.72 bits per heavy atom. The van der Waals surface area contributed by atoms with Crippen molar-refractivity contribution in [3.05, 3.63) is 70.9 Å². The summed E-state index contributed by atoms with van der Waals surface area (Å²) in [6.45, 7) is 4.79. The highest BCUT2D eigenvalue weighted by Gasteiger charge is 2.31. The molecule has 11 heteroatoms. The lowest BCUT2D eigenvalue weighted by Crippen LogP contribution is -2.41. The van der Waals surface area contributed by atoms with Crippen LogP contribution in [0.25, 0.3) is 0 Å². The topological polar surface area (TPSA) is 93.6 Å². The highest BCUT2D eigenvalue weighted by Crippen LogP contribution is 2.33. The molecule has 1 aliphatic rings. The van der Waals surface area contributed by atoms with E-state index in [4.69, 9.17) is 0 Å². The molecular weight excluding hydrogens is 473 g/mol. The molecule has 3 aromatic rings. The van der Waals surface area contributed by atoms with Gasteiger partial charge in [-0.1, -0.05) is 12.1 Å². The minimum atomic E-state index is -4.53. The second-order valence-electron chi connectivity index (χ2n) is 8.84. The van der Waals surface area contributed by atoms with Gasteiger partial charge in [-0.25, -0.2) is 4.98 Å². The molecule has 1 aromatic heterocycles. The van der Waals surface area contributed by atoms with E-state index in [0.29, 0.717) is 24.8 Å². The lowest BCUT2D eigenvalue weighted by molar-refractivity contribution is -0.137. The van der Waals surface area contributed by atoms with Gasteiger partial charge in [0.25, 0.3) is 5.91 Å². The number of aliphatic hydroxyl groups is 1. The number of nitrogens with one attached hydrogen (secondary N) is 2. The van der Waals surface area contributed by atoms with E-state index >= 15 is 0 Å². The molecule has 0 bridgehead atoms. The number of hydrogen-bond acceptors (Lipinski definition) is 7. The van der Waals surface area contributed by atoms with Crippen LogP contribution in [0, 0.1) is 6.92 Å². The van der Waals surface area contributed by atoms with Crippen LogP contribution in [0.2, 0.25) is 0 Å². The zero-order chi connectivity index (χ0) is 26.0. The minimum absolute atomic E-state index is 0.0377. The van der Waals surface area contributed by atoms with E-state index in [1.165, 1.54) is 12.1 Å². The third kappa shape index (κ3) is 5.51. The van der Waals surface area contributed by atoms with Crippen LogP contribution >= 0.6 is 0 Å². The molecule has 0 unspecified atom stereocenters. The van der Waals surface area contributed by atoms with Crippen molar-refractivity contribution in [2.75, 3.05) is 40.8 Å². The third-order valence-corrected chi connectivity index (χ3v) is 5.86. The van der Waals surface area contributed by atoms with Crippen molar-refractivity contribution < 1.29 is 23.1 Å². The number of hydrogen-bond donors (Lipinski definition) is 3. The summed E-state index contributed by atoms with van der Waals surface area (Å²) < 4.78 is 39.1. The number of aliphatic hydroxyl groups excluding tert-OH is 1. The second kappa shape index (κ2) is 10.0. The highest BCUT2D eigenvalue weighted by atomic mass is 19.4. The van der Waals surface area contributed by atoms with Crippen molar-refractivity contribution in [2.24, 2.45) is 0 Å². The first-order valence-electron chi connectivity index (χ1n) is 11.3. The number of halogens is 3. The Balaban J connectivity index is 1.53. The molecule has 1 aliphatic heterocycles. The minimum Gasteiger partial charge on any atom is -0.394 e. The van der Waals surface area contributed by atoms with E-state index in [0.717, 1.165) is 34.8 Å². The van der Waals surface area contributed by atoms with Gasteiger partial charge in [-0.3, -0.25) is 4.79 Å². The van der Waals surface area contributed by atoms with Crippen molar-refractivity contribution in [1.82, 2.24) is 9.97 Å². The summed E-state index contributed by atoms with van der Waals surface area (Å²) in [4.78, 5) is 25.7. The van der Waals surface area contributed by atoms with Gasteiger partial charge in [0.1, 0.15) is 5.82 Å². The quantitative estimate of drug-likeness (QED) is 0.466. The number of alkyl halides is 3. The maximum absolute atomic E-state index is 13.0. The van der Waals surface area contributed by atoms with Crippen LogP contribution in [0.3, 0.4) is 0 Å². The number of aromatic nitrogens is 2. The summed E-state index contributed by atoms with van der Waals surface area (Å²) in [5, 5.41) is 15.0. The van der Waals surface area contributed by atoms with Gasteiger partial charge >= 0.3 is 6.18 Å². The number of anilines is 4. The first-order valence-corrected chi connectivity index (χ1v) is 11.3. The van der Waals surface area contributed by atoms with Gasteiger partial charge in [0, 0.05) is 48.3 Å². The third-order valence-electron chi connectivity index (χ3n) is 5.86. The Kier molecular flexibility index (Phi) is 7.02. The second-order valence-corrected chi connectivity index (χ2v) is 8.84. The number of fused-ring (bicyclic) bond motifs is 1. The van der Waals surface area contributed by atoms with E-state index in [-0.39, 0.29) is 18.2 Å². The molecule has 1 atom stereocenters. The predicted octanol–water partition coefficient (Wildman–Crippen LogP) is 4.26. The Labute approximate surface area is 206 Å². The number of amides is 1. The molecule has 3 N–H and O–H groups in total. The van der Waals surface area contributed by atoms with Crippen LogP contribution in [-0.2, 0) is 12.7 Å². The summed E-state index contributed by atoms with van der Waals surface area (Å²) in [7, 11) is 1.91. The molecule has 0 fully saturated rings. The molecule has 0 saturated carbocycles. The lowest BCUT2D eigenvalue weighted by atomic mass is 10.1. The molecule has 2 heterocycles. The van der Waals surface area contributed by atoms with E-state index in [2.05, 4.69) is 25.5 Å². The molecule has 0 saturated heterocycles. The summed E-state index contributed by atoms with van der Waals surface area (Å²) >= 11 is 0. The predicted molar refractivity (Wildman–Crippen MR) is 132 cm³/mol. The summed E-state index contributed by atoms with van der Waals surface area (Å²) in [5.74, 6) is 0.592. The van der Waals surface area contributed by atoms with E-state index in [1.54, 1.807) is 18.3 Å². The zero-order valence-corrected chi connectivity index (χ0v) is 20.1. The van der Waals surface area contributed by atoms with Crippen LogP contribution in [-0.4, -0.2) is 47.3 Å². The Hall–Kier alpha value is -3.86. The summed E-state index contributed by atoms with van der Waals surface area (Å²) in [6.07, 6.45) is -2.78. The molecule has 2 aromatic carbocycles. The van der Waals surface area contributed by atoms with Gasteiger partial charge < -0.3 is 25.5 Å². The summed E-state index contributed by atoms with van der Waals surface area (Å²) in [5.41, 5.74) is 2.27. The van der Waals surface area contributed by atoms with Crippen LogP contribution in [0.4, 0.5) is 36.3 Å². The van der Waals surface area contributed by atoms with Crippen molar-refractivity contribution >= 4 is 29.0 Å². The molecule has 0 radical (unpaired) electrons. The number of aryl methyl sites for hydroxylation is 1. The fourth-order valence-electron chi connectivity index (χ4n) is 3.98. The van der Waals surface area contributed by atoms with Crippen LogP contribution in [0.15, 0.2) is 48.7 Å². The zero-order valence-electron chi connectivity index (χ0n) is 20.1. The largest absolute Gasteiger partial charge is 0.416 e. The maximum Gasteiger partial charge on any atom is 0.416 e. The Morgan fingerprint density at radius 2 is 2.00 bits per heavy atom. The molecule has 1 amide bonds. The van der Waals surface area contributed by atoms with Crippen molar-refractivity contribution in [3.8, 4) is 0 Å². The molecule has 8 nitrogen and oxygen atoms in total.